The van der Waals surface area contributed by atoms with Crippen LogP contribution in [0.5, 0.6) is 0 Å². The Labute approximate surface area is 265 Å². The van der Waals surface area contributed by atoms with Gasteiger partial charge in [-0.25, -0.2) is 0 Å². The Morgan fingerprint density at radius 1 is 0.733 bits per heavy atom. The largest absolute Gasteiger partial charge is 0.344 e. The molecule has 5 aromatic carbocycles. The first-order chi connectivity index (χ1) is 22.0. The molecule has 0 radical (unpaired) electrons. The second kappa shape index (κ2) is 10.8. The van der Waals surface area contributed by atoms with Crippen molar-refractivity contribution in [2.24, 2.45) is 13.0 Å². The summed E-state index contributed by atoms with van der Waals surface area (Å²) in [5.41, 5.74) is 9.93. The zero-order chi connectivity index (χ0) is 30.5. The van der Waals surface area contributed by atoms with Crippen molar-refractivity contribution in [2.75, 3.05) is 4.90 Å². The third-order valence-electron chi connectivity index (χ3n) is 9.96. The number of rotatable bonds is 5. The van der Waals surface area contributed by atoms with Crippen LogP contribution in [0.4, 0.5) is 11.4 Å². The Morgan fingerprint density at radius 2 is 1.51 bits per heavy atom. The zero-order valence-electron chi connectivity index (χ0n) is 26.2. The highest BCUT2D eigenvalue weighted by atomic mass is 15.1. The molecular weight excluding hydrogens is 544 g/mol. The van der Waals surface area contributed by atoms with Gasteiger partial charge in [0.05, 0.1) is 0 Å². The van der Waals surface area contributed by atoms with Crippen LogP contribution in [-0.2, 0) is 12.5 Å². The summed E-state index contributed by atoms with van der Waals surface area (Å²) in [6, 6.07) is 40.1. The van der Waals surface area contributed by atoms with E-state index in [-0.39, 0.29) is 5.41 Å². The van der Waals surface area contributed by atoms with E-state index in [2.05, 4.69) is 176 Å². The van der Waals surface area contributed by atoms with Crippen molar-refractivity contribution < 1.29 is 0 Å². The number of aryl methyl sites for hydroxylation is 1. The lowest BCUT2D eigenvalue weighted by Crippen LogP contribution is -2.24. The molecule has 2 nitrogen and oxygen atoms in total. The van der Waals surface area contributed by atoms with Crippen molar-refractivity contribution in [3.63, 3.8) is 0 Å². The van der Waals surface area contributed by atoms with Crippen LogP contribution in [0.3, 0.4) is 0 Å². The van der Waals surface area contributed by atoms with Crippen molar-refractivity contribution >= 4 is 49.5 Å². The molecule has 1 aromatic heterocycles. The molecule has 2 unspecified atom stereocenters. The summed E-state index contributed by atoms with van der Waals surface area (Å²) in [5.74, 6) is 0.617. The first-order valence-electron chi connectivity index (χ1n) is 16.1. The topological polar surface area (TPSA) is 8.17 Å². The highest BCUT2D eigenvalue weighted by Crippen LogP contribution is 2.41. The van der Waals surface area contributed by atoms with Crippen LogP contribution in [0.2, 0.25) is 0 Å². The van der Waals surface area contributed by atoms with Gasteiger partial charge in [0.2, 0.25) is 0 Å². The summed E-state index contributed by atoms with van der Waals surface area (Å²) in [5, 5.41) is 5.27. The number of anilines is 2. The Kier molecular flexibility index (Phi) is 6.60. The van der Waals surface area contributed by atoms with E-state index in [1.54, 1.807) is 0 Å². The number of hydrogen-bond acceptors (Lipinski definition) is 1. The third-order valence-corrected chi connectivity index (χ3v) is 9.96. The molecule has 6 aromatic rings. The predicted molar refractivity (Wildman–Crippen MR) is 193 cm³/mol. The van der Waals surface area contributed by atoms with Crippen molar-refractivity contribution in [2.45, 2.75) is 32.1 Å². The van der Waals surface area contributed by atoms with Gasteiger partial charge in [0, 0.05) is 51.3 Å². The quantitative estimate of drug-likeness (QED) is 0.196. The molecule has 2 heteroatoms. The minimum Gasteiger partial charge on any atom is -0.344 e. The summed E-state index contributed by atoms with van der Waals surface area (Å²) in [6.07, 6.45) is 16.1. The fourth-order valence-electron chi connectivity index (χ4n) is 7.20. The monoisotopic (exact) mass is 582 g/mol. The standard InChI is InChI=1S/C43H38N2/c1-30-13-15-31(16-14-30)32-17-21-36(22-18-32)45(35-10-5-4-6-11-35)37-25-27-43(2,28-26-37)34-20-23-39-41(29-34)44(3)40-24-19-33-9-7-8-12-38(33)42(39)40/h4-13,15-27,29-30H,14,28H2,1-3H3. The minimum atomic E-state index is -0.0979. The van der Waals surface area contributed by atoms with Crippen molar-refractivity contribution in [1.82, 2.24) is 4.57 Å². The van der Waals surface area contributed by atoms with Crippen molar-refractivity contribution in [1.29, 1.82) is 0 Å². The summed E-state index contributed by atoms with van der Waals surface area (Å²) in [6.45, 7) is 4.63. The van der Waals surface area contributed by atoms with E-state index < -0.39 is 0 Å². The van der Waals surface area contributed by atoms with Crippen molar-refractivity contribution in [3.05, 3.63) is 162 Å². The van der Waals surface area contributed by atoms with E-state index in [1.165, 1.54) is 66.4 Å². The summed E-state index contributed by atoms with van der Waals surface area (Å²) < 4.78 is 2.36. The molecular formula is C43H38N2. The van der Waals surface area contributed by atoms with E-state index in [9.17, 15) is 0 Å². The molecule has 45 heavy (non-hydrogen) atoms. The number of hydrogen-bond donors (Lipinski definition) is 0. The second-order valence-electron chi connectivity index (χ2n) is 13.0. The molecule has 8 rings (SSSR count). The van der Waals surface area contributed by atoms with E-state index in [0.717, 1.165) is 12.8 Å². The average molecular weight is 583 g/mol. The molecule has 0 N–H and O–H groups in total. The van der Waals surface area contributed by atoms with Crippen LogP contribution in [0, 0.1) is 5.92 Å². The Balaban J connectivity index is 1.13. The van der Waals surface area contributed by atoms with Gasteiger partial charge in [-0.3, -0.25) is 0 Å². The normalized spacial score (nSPS) is 19.7. The molecule has 0 amide bonds. The summed E-state index contributed by atoms with van der Waals surface area (Å²) in [4.78, 5) is 2.38. The zero-order valence-corrected chi connectivity index (χ0v) is 26.2. The molecule has 0 fully saturated rings. The Morgan fingerprint density at radius 3 is 2.27 bits per heavy atom. The van der Waals surface area contributed by atoms with Gasteiger partial charge in [-0.1, -0.05) is 117 Å². The fraction of sp³-hybridized carbons (Fsp3) is 0.163. The molecule has 220 valence electrons. The fourth-order valence-corrected chi connectivity index (χ4v) is 7.20. The van der Waals surface area contributed by atoms with Gasteiger partial charge in [0.25, 0.3) is 0 Å². The number of para-hydroxylation sites is 1. The Bertz CT molecular complexity index is 2190. The highest BCUT2D eigenvalue weighted by molar-refractivity contribution is 6.20. The highest BCUT2D eigenvalue weighted by Gasteiger charge is 2.28. The lowest BCUT2D eigenvalue weighted by atomic mass is 9.76. The van der Waals surface area contributed by atoms with E-state index in [4.69, 9.17) is 0 Å². The van der Waals surface area contributed by atoms with E-state index in [0.29, 0.717) is 5.92 Å². The summed E-state index contributed by atoms with van der Waals surface area (Å²) >= 11 is 0. The van der Waals surface area contributed by atoms with E-state index in [1.807, 2.05) is 0 Å². The van der Waals surface area contributed by atoms with Gasteiger partial charge in [-0.05, 0) is 88.7 Å². The number of allylic oxidation sites excluding steroid dienone is 7. The molecule has 0 saturated heterocycles. The predicted octanol–water partition coefficient (Wildman–Crippen LogP) is 11.4. The van der Waals surface area contributed by atoms with Crippen LogP contribution in [0.15, 0.2) is 151 Å². The van der Waals surface area contributed by atoms with Gasteiger partial charge in [-0.15, -0.1) is 0 Å². The number of fused-ring (bicyclic) bond motifs is 5. The third kappa shape index (κ3) is 4.73. The molecule has 0 aliphatic heterocycles. The van der Waals surface area contributed by atoms with Crippen LogP contribution >= 0.6 is 0 Å². The number of benzene rings is 5. The van der Waals surface area contributed by atoms with Gasteiger partial charge in [-0.2, -0.15) is 0 Å². The summed E-state index contributed by atoms with van der Waals surface area (Å²) in [7, 11) is 2.20. The first kappa shape index (κ1) is 27.5. The lowest BCUT2D eigenvalue weighted by molar-refractivity contribution is 0.596. The van der Waals surface area contributed by atoms with Crippen LogP contribution in [-0.4, -0.2) is 4.57 Å². The first-order valence-corrected chi connectivity index (χ1v) is 16.1. The van der Waals surface area contributed by atoms with Crippen molar-refractivity contribution in [3.8, 4) is 0 Å². The van der Waals surface area contributed by atoms with E-state index >= 15 is 0 Å². The van der Waals surface area contributed by atoms with Crippen LogP contribution in [0.25, 0.3) is 38.2 Å². The molecule has 2 aliphatic carbocycles. The number of aromatic nitrogens is 1. The van der Waals surface area contributed by atoms with Gasteiger partial charge in [0.1, 0.15) is 0 Å². The SMILES string of the molecule is CC1C=CC(c2ccc(N(C3=CCC(C)(c4ccc5c6c7ccccc7ccc6n(C)c5c4)C=C3)c3ccccc3)cc2)=CC1. The second-order valence-corrected chi connectivity index (χ2v) is 13.0. The lowest BCUT2D eigenvalue weighted by Gasteiger charge is -2.33. The van der Waals surface area contributed by atoms with Crippen LogP contribution in [0.1, 0.15) is 37.8 Å². The maximum Gasteiger partial charge on any atom is 0.0495 e. The molecule has 0 bridgehead atoms. The van der Waals surface area contributed by atoms with Crippen LogP contribution < -0.4 is 4.90 Å². The maximum absolute atomic E-state index is 2.41. The Hall–Kier alpha value is -5.08. The smallest absolute Gasteiger partial charge is 0.0495 e. The molecule has 2 atom stereocenters. The van der Waals surface area contributed by atoms with Gasteiger partial charge in [0.15, 0.2) is 0 Å². The average Bonchev–Trinajstić information content (AvgIpc) is 3.38. The molecule has 0 spiro atoms. The maximum atomic E-state index is 2.41. The van der Waals surface area contributed by atoms with Gasteiger partial charge >= 0.3 is 0 Å². The molecule has 1 heterocycles. The number of nitrogens with zero attached hydrogens (tertiary/aromatic N) is 2. The molecule has 2 aliphatic rings. The molecule has 0 saturated carbocycles. The minimum absolute atomic E-state index is 0.0979. The van der Waals surface area contributed by atoms with Gasteiger partial charge < -0.3 is 9.47 Å².